The van der Waals surface area contributed by atoms with E-state index in [-0.39, 0.29) is 12.8 Å². The van der Waals surface area contributed by atoms with Gasteiger partial charge in [0.25, 0.3) is 0 Å². The lowest BCUT2D eigenvalue weighted by Gasteiger charge is -1.88. The summed E-state index contributed by atoms with van der Waals surface area (Å²) in [5.74, 6) is 0.120. The zero-order chi connectivity index (χ0) is 11.4. The lowest BCUT2D eigenvalue weighted by molar-refractivity contribution is -0.137. The molecule has 6 heteroatoms. The summed E-state index contributed by atoms with van der Waals surface area (Å²) in [5.41, 5.74) is 0. The Balaban J connectivity index is 1.94. The van der Waals surface area contributed by atoms with Crippen molar-refractivity contribution in [1.82, 2.24) is 10.1 Å². The second-order valence-electron chi connectivity index (χ2n) is 3.25. The van der Waals surface area contributed by atoms with Gasteiger partial charge >= 0.3 is 5.97 Å². The van der Waals surface area contributed by atoms with E-state index < -0.39 is 5.97 Å². The number of carboxylic acid groups (broad SMARTS) is 1. The molecular weight excluding hydrogens is 228 g/mol. The van der Waals surface area contributed by atoms with Gasteiger partial charge in [-0.05, 0) is 11.4 Å². The molecule has 0 saturated heterocycles. The van der Waals surface area contributed by atoms with E-state index in [0.29, 0.717) is 18.1 Å². The van der Waals surface area contributed by atoms with Crippen molar-refractivity contribution in [3.63, 3.8) is 0 Å². The normalized spacial score (nSPS) is 10.5. The molecule has 0 amide bonds. The lowest BCUT2D eigenvalue weighted by Crippen LogP contribution is -1.97. The maximum Gasteiger partial charge on any atom is 0.303 e. The van der Waals surface area contributed by atoms with E-state index in [4.69, 9.17) is 9.63 Å². The molecule has 2 aromatic rings. The maximum atomic E-state index is 10.3. The van der Waals surface area contributed by atoms with E-state index >= 15 is 0 Å². The first-order valence-electron chi connectivity index (χ1n) is 4.79. The molecule has 0 aliphatic rings. The van der Waals surface area contributed by atoms with Crippen LogP contribution in [-0.2, 0) is 17.6 Å². The van der Waals surface area contributed by atoms with Gasteiger partial charge in [0.2, 0.25) is 5.89 Å². The molecule has 2 heterocycles. The largest absolute Gasteiger partial charge is 0.481 e. The van der Waals surface area contributed by atoms with Crippen LogP contribution in [0.25, 0.3) is 0 Å². The number of hydrogen-bond donors (Lipinski definition) is 1. The number of aryl methyl sites for hydroxylation is 1. The van der Waals surface area contributed by atoms with Gasteiger partial charge in [-0.25, -0.2) is 0 Å². The van der Waals surface area contributed by atoms with Gasteiger partial charge in [-0.3, -0.25) is 4.79 Å². The number of hydrogen-bond acceptors (Lipinski definition) is 5. The highest BCUT2D eigenvalue weighted by Crippen LogP contribution is 2.13. The molecule has 0 atom stereocenters. The van der Waals surface area contributed by atoms with Crippen molar-refractivity contribution >= 4 is 17.3 Å². The zero-order valence-corrected chi connectivity index (χ0v) is 9.24. The molecule has 0 bridgehead atoms. The van der Waals surface area contributed by atoms with Crippen molar-refractivity contribution in [2.45, 2.75) is 19.3 Å². The predicted octanol–water partition coefficient (Wildman–Crippen LogP) is 1.74. The summed E-state index contributed by atoms with van der Waals surface area (Å²) in [6.07, 6.45) is 0.932. The van der Waals surface area contributed by atoms with E-state index in [9.17, 15) is 4.79 Å². The third kappa shape index (κ3) is 2.90. The van der Waals surface area contributed by atoms with Crippen LogP contribution >= 0.6 is 11.3 Å². The Labute approximate surface area is 95.7 Å². The predicted molar refractivity (Wildman–Crippen MR) is 57.4 cm³/mol. The Morgan fingerprint density at radius 3 is 3.12 bits per heavy atom. The zero-order valence-electron chi connectivity index (χ0n) is 8.42. The van der Waals surface area contributed by atoms with Crippen LogP contribution in [0.1, 0.15) is 23.0 Å². The highest BCUT2D eigenvalue weighted by Gasteiger charge is 2.09. The minimum Gasteiger partial charge on any atom is -0.481 e. The Morgan fingerprint density at radius 2 is 2.44 bits per heavy atom. The maximum absolute atomic E-state index is 10.3. The molecule has 0 aliphatic carbocycles. The molecule has 0 spiro atoms. The quantitative estimate of drug-likeness (QED) is 0.858. The molecular formula is C10H10N2O3S. The van der Waals surface area contributed by atoms with Crippen molar-refractivity contribution in [1.29, 1.82) is 0 Å². The van der Waals surface area contributed by atoms with Crippen LogP contribution in [-0.4, -0.2) is 21.2 Å². The van der Waals surface area contributed by atoms with Crippen molar-refractivity contribution in [3.8, 4) is 0 Å². The molecule has 1 N–H and O–H groups in total. The van der Waals surface area contributed by atoms with Crippen molar-refractivity contribution in [2.24, 2.45) is 0 Å². The summed E-state index contributed by atoms with van der Waals surface area (Å²) in [6.45, 7) is 0. The summed E-state index contributed by atoms with van der Waals surface area (Å²) in [4.78, 5) is 15.6. The molecule has 16 heavy (non-hydrogen) atoms. The van der Waals surface area contributed by atoms with E-state index in [1.54, 1.807) is 11.3 Å². The molecule has 0 fully saturated rings. The topological polar surface area (TPSA) is 76.2 Å². The number of carbonyl (C=O) groups is 1. The highest BCUT2D eigenvalue weighted by atomic mass is 32.1. The van der Waals surface area contributed by atoms with E-state index in [2.05, 4.69) is 10.1 Å². The molecule has 0 unspecified atom stereocenters. The summed E-state index contributed by atoms with van der Waals surface area (Å²) < 4.78 is 4.94. The van der Waals surface area contributed by atoms with Crippen molar-refractivity contribution < 1.29 is 14.4 Å². The number of carboxylic acids is 1. The Kier molecular flexibility index (Phi) is 3.31. The monoisotopic (exact) mass is 238 g/mol. The van der Waals surface area contributed by atoms with Gasteiger partial charge in [0, 0.05) is 17.7 Å². The Morgan fingerprint density at radius 1 is 1.56 bits per heavy atom. The minimum atomic E-state index is -0.863. The van der Waals surface area contributed by atoms with Gasteiger partial charge in [0.15, 0.2) is 5.82 Å². The number of nitrogens with zero attached hydrogens (tertiary/aromatic N) is 2. The van der Waals surface area contributed by atoms with E-state index in [0.717, 1.165) is 4.88 Å². The lowest BCUT2D eigenvalue weighted by atomic mass is 10.3. The van der Waals surface area contributed by atoms with Crippen molar-refractivity contribution in [3.05, 3.63) is 34.1 Å². The molecule has 0 aromatic carbocycles. The number of aliphatic carboxylic acids is 1. The Bertz CT molecular complexity index is 464. The van der Waals surface area contributed by atoms with Gasteiger partial charge < -0.3 is 9.63 Å². The third-order valence-corrected chi connectivity index (χ3v) is 2.85. The average Bonchev–Trinajstić information content (AvgIpc) is 2.87. The fraction of sp³-hybridized carbons (Fsp3) is 0.300. The minimum absolute atomic E-state index is 0.0145. The number of rotatable bonds is 5. The second-order valence-corrected chi connectivity index (χ2v) is 4.29. The van der Waals surface area contributed by atoms with Gasteiger partial charge in [-0.1, -0.05) is 11.2 Å². The molecule has 5 nitrogen and oxygen atoms in total. The van der Waals surface area contributed by atoms with Crippen LogP contribution < -0.4 is 0 Å². The van der Waals surface area contributed by atoms with Crippen molar-refractivity contribution in [2.75, 3.05) is 0 Å². The standard InChI is InChI=1S/C10H10N2O3S/c13-10(14)4-3-9-11-8(12-15-9)6-7-2-1-5-16-7/h1-2,5H,3-4,6H2,(H,13,14). The van der Waals surface area contributed by atoms with Crippen LogP contribution in [0, 0.1) is 0 Å². The van der Waals surface area contributed by atoms with Crippen LogP contribution in [0.2, 0.25) is 0 Å². The summed E-state index contributed by atoms with van der Waals surface area (Å²) in [7, 11) is 0. The molecule has 84 valence electrons. The van der Waals surface area contributed by atoms with Crippen LogP contribution in [0.3, 0.4) is 0 Å². The van der Waals surface area contributed by atoms with Crippen LogP contribution in [0.4, 0.5) is 0 Å². The molecule has 0 aliphatic heterocycles. The number of thiophene rings is 1. The average molecular weight is 238 g/mol. The van der Waals surface area contributed by atoms with E-state index in [1.807, 2.05) is 17.5 Å². The summed E-state index contributed by atoms with van der Waals surface area (Å²) in [6, 6.07) is 3.96. The van der Waals surface area contributed by atoms with Gasteiger partial charge in [0.05, 0.1) is 6.42 Å². The molecule has 2 rings (SSSR count). The third-order valence-electron chi connectivity index (χ3n) is 1.98. The molecule has 0 saturated carbocycles. The molecule has 0 radical (unpaired) electrons. The Hall–Kier alpha value is -1.69. The first-order chi connectivity index (χ1) is 7.74. The summed E-state index contributed by atoms with van der Waals surface area (Å²) >= 11 is 1.63. The number of aromatic nitrogens is 2. The van der Waals surface area contributed by atoms with Gasteiger partial charge in [0.1, 0.15) is 0 Å². The fourth-order valence-corrected chi connectivity index (χ4v) is 1.95. The van der Waals surface area contributed by atoms with Gasteiger partial charge in [-0.15, -0.1) is 11.3 Å². The van der Waals surface area contributed by atoms with Crippen LogP contribution in [0.5, 0.6) is 0 Å². The SMILES string of the molecule is O=C(O)CCc1nc(Cc2cccs2)no1. The van der Waals surface area contributed by atoms with E-state index in [1.165, 1.54) is 0 Å². The second kappa shape index (κ2) is 4.89. The van der Waals surface area contributed by atoms with Crippen LogP contribution in [0.15, 0.2) is 22.0 Å². The van der Waals surface area contributed by atoms with Gasteiger partial charge in [-0.2, -0.15) is 4.98 Å². The fourth-order valence-electron chi connectivity index (χ4n) is 1.25. The first kappa shape index (κ1) is 10.8. The first-order valence-corrected chi connectivity index (χ1v) is 5.67. The smallest absolute Gasteiger partial charge is 0.303 e. The summed E-state index contributed by atoms with van der Waals surface area (Å²) in [5, 5.41) is 14.3. The highest BCUT2D eigenvalue weighted by molar-refractivity contribution is 7.09. The molecule has 2 aromatic heterocycles.